The molecule has 0 spiro atoms. The topological polar surface area (TPSA) is 113 Å². The third-order valence-electron chi connectivity index (χ3n) is 7.52. The largest absolute Gasteiger partial charge is 0.393 e. The van der Waals surface area contributed by atoms with Crippen molar-refractivity contribution in [3.63, 3.8) is 0 Å². The molecule has 0 unspecified atom stereocenters. The molecular weight excluding hydrogens is 444 g/mol. The van der Waals surface area contributed by atoms with E-state index < -0.39 is 0 Å². The van der Waals surface area contributed by atoms with Crippen LogP contribution in [0.3, 0.4) is 0 Å². The second-order valence-electron chi connectivity index (χ2n) is 9.94. The van der Waals surface area contributed by atoms with Crippen LogP contribution in [0.4, 0.5) is 23.3 Å². The first kappa shape index (κ1) is 22.5. The second kappa shape index (κ2) is 9.94. The molecule has 0 atom stereocenters. The minimum atomic E-state index is -0.189. The highest BCUT2D eigenvalue weighted by Crippen LogP contribution is 2.34. The van der Waals surface area contributed by atoms with Crippen molar-refractivity contribution in [1.82, 2.24) is 24.5 Å². The number of hydrogen-bond acceptors (Lipinski definition) is 9. The van der Waals surface area contributed by atoms with Gasteiger partial charge in [-0.2, -0.15) is 9.97 Å². The van der Waals surface area contributed by atoms with Crippen molar-refractivity contribution < 1.29 is 9.84 Å². The molecule has 0 aromatic carbocycles. The fourth-order valence-corrected chi connectivity index (χ4v) is 5.50. The van der Waals surface area contributed by atoms with Crippen LogP contribution in [0.25, 0.3) is 11.2 Å². The predicted octanol–water partition coefficient (Wildman–Crippen LogP) is 3.63. The molecule has 4 heterocycles. The summed E-state index contributed by atoms with van der Waals surface area (Å²) >= 11 is 0. The Hall–Kier alpha value is -2.98. The smallest absolute Gasteiger partial charge is 0.227 e. The lowest BCUT2D eigenvalue weighted by molar-refractivity contribution is 0.122. The zero-order valence-corrected chi connectivity index (χ0v) is 20.1. The van der Waals surface area contributed by atoms with E-state index in [-0.39, 0.29) is 12.1 Å². The summed E-state index contributed by atoms with van der Waals surface area (Å²) in [5, 5.41) is 16.9. The molecule has 186 valence electrons. The zero-order valence-electron chi connectivity index (χ0n) is 20.1. The number of ether oxygens (including phenoxy) is 1. The van der Waals surface area contributed by atoms with E-state index in [0.29, 0.717) is 17.8 Å². The molecule has 0 radical (unpaired) electrons. The molecule has 6 rings (SSSR count). The Bertz CT molecular complexity index is 1130. The quantitative estimate of drug-likeness (QED) is 0.489. The third-order valence-corrected chi connectivity index (χ3v) is 7.52. The maximum absolute atomic E-state index is 9.88. The highest BCUT2D eigenvalue weighted by atomic mass is 16.5. The Balaban J connectivity index is 1.28. The van der Waals surface area contributed by atoms with Crippen LogP contribution in [-0.4, -0.2) is 68.1 Å². The van der Waals surface area contributed by atoms with E-state index in [0.717, 1.165) is 87.5 Å². The number of aliphatic hydroxyl groups is 1. The van der Waals surface area contributed by atoms with E-state index in [4.69, 9.17) is 19.7 Å². The Morgan fingerprint density at radius 1 is 0.943 bits per heavy atom. The van der Waals surface area contributed by atoms with Gasteiger partial charge in [0, 0.05) is 25.2 Å². The fourth-order valence-electron chi connectivity index (χ4n) is 5.50. The standard InChI is InChI=1S/C25H34N8O2/c34-20-8-5-17(6-9-20)29-25-30-23(22-24(31-25)33(16-27-22)19-3-1-2-4-19)28-18-7-10-21(26-15-18)32-11-13-35-14-12-32/h7,10,15-17,19-20,34H,1-6,8-9,11-14H2,(H2,28,29,30,31). The van der Waals surface area contributed by atoms with Crippen LogP contribution in [-0.2, 0) is 4.74 Å². The van der Waals surface area contributed by atoms with Crippen LogP contribution in [0.5, 0.6) is 0 Å². The minimum absolute atomic E-state index is 0.189. The van der Waals surface area contributed by atoms with Crippen molar-refractivity contribution in [2.45, 2.75) is 69.6 Å². The first-order valence-electron chi connectivity index (χ1n) is 13.0. The summed E-state index contributed by atoms with van der Waals surface area (Å²) in [5.74, 6) is 2.25. The van der Waals surface area contributed by atoms with E-state index in [9.17, 15) is 5.11 Å². The number of nitrogens with one attached hydrogen (secondary N) is 2. The van der Waals surface area contributed by atoms with Crippen LogP contribution < -0.4 is 15.5 Å². The molecule has 10 nitrogen and oxygen atoms in total. The Kier molecular flexibility index (Phi) is 6.39. The number of hydrogen-bond donors (Lipinski definition) is 3. The number of imidazole rings is 1. The molecule has 3 aromatic heterocycles. The normalized spacial score (nSPS) is 23.6. The molecule has 0 amide bonds. The van der Waals surface area contributed by atoms with Crippen LogP contribution in [0.15, 0.2) is 24.7 Å². The summed E-state index contributed by atoms with van der Waals surface area (Å²) in [5.41, 5.74) is 2.51. The van der Waals surface area contributed by atoms with Gasteiger partial charge in [0.25, 0.3) is 0 Å². The third kappa shape index (κ3) is 4.90. The lowest BCUT2D eigenvalue weighted by Gasteiger charge is -2.27. The molecule has 10 heteroatoms. The molecule has 3 fully saturated rings. The fraction of sp³-hybridized carbons (Fsp3) is 0.600. The van der Waals surface area contributed by atoms with E-state index >= 15 is 0 Å². The van der Waals surface area contributed by atoms with Gasteiger partial charge in [0.05, 0.1) is 37.5 Å². The SMILES string of the molecule is OC1CCC(Nc2nc(Nc3ccc(N4CCOCC4)nc3)c3ncn(C4CCCC4)c3n2)CC1. The van der Waals surface area contributed by atoms with Gasteiger partial charge in [0.2, 0.25) is 5.95 Å². The van der Waals surface area contributed by atoms with Crippen molar-refractivity contribution in [1.29, 1.82) is 0 Å². The Labute approximate surface area is 205 Å². The summed E-state index contributed by atoms with van der Waals surface area (Å²) in [6, 6.07) is 4.78. The van der Waals surface area contributed by atoms with Gasteiger partial charge in [-0.15, -0.1) is 0 Å². The zero-order chi connectivity index (χ0) is 23.6. The molecule has 2 saturated carbocycles. The first-order chi connectivity index (χ1) is 17.2. The van der Waals surface area contributed by atoms with E-state index in [2.05, 4.69) is 25.1 Å². The summed E-state index contributed by atoms with van der Waals surface area (Å²) in [7, 11) is 0. The van der Waals surface area contributed by atoms with Crippen molar-refractivity contribution in [3.05, 3.63) is 24.7 Å². The number of aliphatic hydroxyl groups excluding tert-OH is 1. The Morgan fingerprint density at radius 2 is 1.74 bits per heavy atom. The van der Waals surface area contributed by atoms with E-state index in [1.807, 2.05) is 24.7 Å². The number of nitrogens with zero attached hydrogens (tertiary/aromatic N) is 6. The molecule has 1 saturated heterocycles. The van der Waals surface area contributed by atoms with E-state index in [1.54, 1.807) is 0 Å². The highest BCUT2D eigenvalue weighted by molar-refractivity contribution is 5.86. The van der Waals surface area contributed by atoms with Gasteiger partial charge in [0.1, 0.15) is 5.82 Å². The van der Waals surface area contributed by atoms with Gasteiger partial charge in [-0.25, -0.2) is 9.97 Å². The van der Waals surface area contributed by atoms with Crippen molar-refractivity contribution in [2.24, 2.45) is 0 Å². The van der Waals surface area contributed by atoms with Crippen LogP contribution in [0.1, 0.15) is 57.4 Å². The number of aromatic nitrogens is 5. The first-order valence-corrected chi connectivity index (χ1v) is 13.0. The lowest BCUT2D eigenvalue weighted by Crippen LogP contribution is -2.36. The van der Waals surface area contributed by atoms with Crippen molar-refractivity contribution >= 4 is 34.4 Å². The highest BCUT2D eigenvalue weighted by Gasteiger charge is 2.24. The molecule has 0 bridgehead atoms. The van der Waals surface area contributed by atoms with E-state index in [1.165, 1.54) is 12.8 Å². The number of morpholine rings is 1. The van der Waals surface area contributed by atoms with Gasteiger partial charge < -0.3 is 29.9 Å². The monoisotopic (exact) mass is 478 g/mol. The van der Waals surface area contributed by atoms with Crippen molar-refractivity contribution in [3.8, 4) is 0 Å². The van der Waals surface area contributed by atoms with Gasteiger partial charge in [-0.1, -0.05) is 12.8 Å². The summed E-state index contributed by atoms with van der Waals surface area (Å²) < 4.78 is 7.68. The molecule has 3 aliphatic rings. The maximum atomic E-state index is 9.88. The van der Waals surface area contributed by atoms with Gasteiger partial charge in [-0.3, -0.25) is 0 Å². The van der Waals surface area contributed by atoms with Crippen LogP contribution in [0, 0.1) is 0 Å². The number of anilines is 4. The number of pyridine rings is 1. The molecule has 35 heavy (non-hydrogen) atoms. The summed E-state index contributed by atoms with van der Waals surface area (Å²) in [4.78, 5) is 21.4. The number of rotatable bonds is 6. The van der Waals surface area contributed by atoms with Gasteiger partial charge in [-0.05, 0) is 50.7 Å². The predicted molar refractivity (Wildman–Crippen MR) is 135 cm³/mol. The molecule has 3 aromatic rings. The molecule has 1 aliphatic heterocycles. The maximum Gasteiger partial charge on any atom is 0.227 e. The minimum Gasteiger partial charge on any atom is -0.393 e. The average Bonchev–Trinajstić information content (AvgIpc) is 3.57. The average molecular weight is 479 g/mol. The summed E-state index contributed by atoms with van der Waals surface area (Å²) in [6.45, 7) is 3.19. The molecule has 2 aliphatic carbocycles. The summed E-state index contributed by atoms with van der Waals surface area (Å²) in [6.07, 6.45) is 11.9. The molecular formula is C25H34N8O2. The van der Waals surface area contributed by atoms with Gasteiger partial charge in [0.15, 0.2) is 17.0 Å². The Morgan fingerprint density at radius 3 is 2.49 bits per heavy atom. The lowest BCUT2D eigenvalue weighted by atomic mass is 9.93. The van der Waals surface area contributed by atoms with Gasteiger partial charge >= 0.3 is 0 Å². The number of fused-ring (bicyclic) bond motifs is 1. The molecule has 3 N–H and O–H groups in total. The second-order valence-corrected chi connectivity index (χ2v) is 9.94. The van der Waals surface area contributed by atoms with Crippen LogP contribution >= 0.6 is 0 Å². The van der Waals surface area contributed by atoms with Crippen molar-refractivity contribution in [2.75, 3.05) is 41.8 Å². The van der Waals surface area contributed by atoms with Crippen LogP contribution in [0.2, 0.25) is 0 Å².